The van der Waals surface area contributed by atoms with E-state index in [2.05, 4.69) is 10.6 Å². The molecule has 3 amide bonds. The maximum Gasteiger partial charge on any atom is 0.321 e. The van der Waals surface area contributed by atoms with Crippen LogP contribution in [0.25, 0.3) is 0 Å². The number of hydrogen-bond acceptors (Lipinski definition) is 5. The summed E-state index contributed by atoms with van der Waals surface area (Å²) < 4.78 is 4.77. The molecule has 0 aromatic heterocycles. The molecule has 0 saturated carbocycles. The number of nitrogens with one attached hydrogen (secondary N) is 2. The molecule has 1 saturated heterocycles. The largest absolute Gasteiger partial charge is 0.392 e. The first-order valence-electron chi connectivity index (χ1n) is 6.09. The summed E-state index contributed by atoms with van der Waals surface area (Å²) in [5.74, 6) is -0.362. The fourth-order valence-electron chi connectivity index (χ4n) is 1.85. The Bertz CT molecular complexity index is 285. The molecule has 0 aromatic rings. The molecule has 0 spiro atoms. The molecule has 1 atom stereocenters. The second kappa shape index (κ2) is 8.02. The molecule has 3 N–H and O–H groups in total. The molecule has 7 nitrogen and oxygen atoms in total. The van der Waals surface area contributed by atoms with Crippen molar-refractivity contribution >= 4 is 11.9 Å². The van der Waals surface area contributed by atoms with E-state index in [9.17, 15) is 14.7 Å². The minimum absolute atomic E-state index is 0.134. The molecule has 1 aliphatic heterocycles. The minimum Gasteiger partial charge on any atom is -0.392 e. The first kappa shape index (κ1) is 14.9. The highest BCUT2D eigenvalue weighted by Gasteiger charge is 2.20. The molecular weight excluding hydrogens is 238 g/mol. The average Bonchev–Trinajstić information content (AvgIpc) is 2.29. The van der Waals surface area contributed by atoms with Crippen molar-refractivity contribution in [2.45, 2.75) is 18.9 Å². The van der Waals surface area contributed by atoms with Crippen LogP contribution in [0.15, 0.2) is 0 Å². The smallest absolute Gasteiger partial charge is 0.321 e. The Morgan fingerprint density at radius 2 is 2.28 bits per heavy atom. The van der Waals surface area contributed by atoms with E-state index < -0.39 is 6.03 Å². The van der Waals surface area contributed by atoms with Gasteiger partial charge in [-0.1, -0.05) is 0 Å². The predicted octanol–water partition coefficient (Wildman–Crippen LogP) is -1.08. The Hall–Kier alpha value is -1.18. The van der Waals surface area contributed by atoms with Gasteiger partial charge in [0, 0.05) is 20.2 Å². The topological polar surface area (TPSA) is 90.9 Å². The van der Waals surface area contributed by atoms with Crippen LogP contribution in [0.3, 0.4) is 0 Å². The highest BCUT2D eigenvalue weighted by molar-refractivity contribution is 5.95. The summed E-state index contributed by atoms with van der Waals surface area (Å²) in [5.41, 5.74) is 0. The highest BCUT2D eigenvalue weighted by Crippen LogP contribution is 2.08. The van der Waals surface area contributed by atoms with Crippen LogP contribution in [-0.2, 0) is 9.53 Å². The first-order chi connectivity index (χ1) is 8.61. The number of carbonyl (C=O) groups is 2. The molecule has 0 bridgehead atoms. The Labute approximate surface area is 106 Å². The van der Waals surface area contributed by atoms with Crippen LogP contribution < -0.4 is 10.6 Å². The molecule has 1 fully saturated rings. The molecule has 18 heavy (non-hydrogen) atoms. The number of carbonyl (C=O) groups excluding carboxylic acids is 2. The molecule has 0 aliphatic carbocycles. The molecule has 1 unspecified atom stereocenters. The summed E-state index contributed by atoms with van der Waals surface area (Å²) in [5, 5.41) is 14.2. The van der Waals surface area contributed by atoms with Gasteiger partial charge in [0.25, 0.3) is 0 Å². The van der Waals surface area contributed by atoms with Crippen molar-refractivity contribution in [1.29, 1.82) is 0 Å². The monoisotopic (exact) mass is 259 g/mol. The van der Waals surface area contributed by atoms with Crippen molar-refractivity contribution in [3.05, 3.63) is 0 Å². The van der Waals surface area contributed by atoms with Crippen molar-refractivity contribution in [3.63, 3.8) is 0 Å². The van der Waals surface area contributed by atoms with Crippen molar-refractivity contribution < 1.29 is 19.4 Å². The number of ether oxygens (including phenoxy) is 1. The second-order valence-electron chi connectivity index (χ2n) is 4.33. The molecule has 1 heterocycles. The lowest BCUT2D eigenvalue weighted by atomic mass is 10.1. The van der Waals surface area contributed by atoms with Gasteiger partial charge in [0.05, 0.1) is 19.3 Å². The highest BCUT2D eigenvalue weighted by atomic mass is 16.5. The van der Waals surface area contributed by atoms with Gasteiger partial charge >= 0.3 is 6.03 Å². The van der Waals surface area contributed by atoms with E-state index in [1.807, 2.05) is 4.90 Å². The molecule has 7 heteroatoms. The van der Waals surface area contributed by atoms with Crippen molar-refractivity contribution in [1.82, 2.24) is 15.5 Å². The number of imide groups is 1. The van der Waals surface area contributed by atoms with E-state index in [0.717, 1.165) is 19.4 Å². The lowest BCUT2D eigenvalue weighted by Crippen LogP contribution is -2.48. The number of urea groups is 1. The number of aliphatic hydroxyl groups excluding tert-OH is 1. The van der Waals surface area contributed by atoms with Crippen LogP contribution in [0.2, 0.25) is 0 Å². The van der Waals surface area contributed by atoms with Crippen LogP contribution in [-0.4, -0.2) is 67.9 Å². The van der Waals surface area contributed by atoms with E-state index in [0.29, 0.717) is 19.7 Å². The minimum atomic E-state index is -0.519. The quantitative estimate of drug-likeness (QED) is 0.546. The van der Waals surface area contributed by atoms with Gasteiger partial charge in [-0.2, -0.15) is 0 Å². The van der Waals surface area contributed by atoms with E-state index in [1.165, 1.54) is 7.11 Å². The van der Waals surface area contributed by atoms with Gasteiger partial charge in [-0.25, -0.2) is 4.79 Å². The van der Waals surface area contributed by atoms with Gasteiger partial charge in [-0.05, 0) is 19.4 Å². The number of nitrogens with zero attached hydrogens (tertiary/aromatic N) is 1. The lowest BCUT2D eigenvalue weighted by Gasteiger charge is -2.29. The zero-order valence-corrected chi connectivity index (χ0v) is 10.6. The van der Waals surface area contributed by atoms with E-state index in [-0.39, 0.29) is 18.6 Å². The third-order valence-corrected chi connectivity index (χ3v) is 2.69. The summed E-state index contributed by atoms with van der Waals surface area (Å²) in [6, 6.07) is -0.519. The number of methoxy groups -OCH3 is 1. The molecule has 1 rings (SSSR count). The lowest BCUT2D eigenvalue weighted by molar-refractivity contribution is -0.121. The number of aliphatic hydroxyl groups is 1. The van der Waals surface area contributed by atoms with E-state index in [1.54, 1.807) is 0 Å². The summed E-state index contributed by atoms with van der Waals surface area (Å²) in [7, 11) is 1.53. The number of amides is 3. The number of hydrogen-bond donors (Lipinski definition) is 3. The van der Waals surface area contributed by atoms with Gasteiger partial charge in [0.2, 0.25) is 5.91 Å². The zero-order valence-electron chi connectivity index (χ0n) is 10.6. The summed E-state index contributed by atoms with van der Waals surface area (Å²) in [4.78, 5) is 24.6. The second-order valence-corrected chi connectivity index (χ2v) is 4.33. The molecule has 0 radical (unpaired) electrons. The standard InChI is InChI=1S/C11H21N3O4/c1-18-6-4-12-11(17)13-10(16)8-14-5-2-3-9(15)7-14/h9,15H,2-8H2,1H3,(H2,12,13,16,17). The molecule has 104 valence electrons. The number of piperidine rings is 1. The normalized spacial score (nSPS) is 20.4. The molecule has 0 aromatic carbocycles. The third-order valence-electron chi connectivity index (χ3n) is 2.69. The van der Waals surface area contributed by atoms with E-state index >= 15 is 0 Å². The number of rotatable bonds is 5. The van der Waals surface area contributed by atoms with Gasteiger partial charge in [0.1, 0.15) is 0 Å². The summed E-state index contributed by atoms with van der Waals surface area (Å²) in [6.45, 7) is 2.15. The van der Waals surface area contributed by atoms with Crippen LogP contribution in [0, 0.1) is 0 Å². The fraction of sp³-hybridized carbons (Fsp3) is 0.818. The zero-order chi connectivity index (χ0) is 13.4. The van der Waals surface area contributed by atoms with Gasteiger partial charge in [-0.15, -0.1) is 0 Å². The Morgan fingerprint density at radius 1 is 1.50 bits per heavy atom. The van der Waals surface area contributed by atoms with Gasteiger partial charge in [0.15, 0.2) is 0 Å². The summed E-state index contributed by atoms with van der Waals surface area (Å²) in [6.07, 6.45) is 1.27. The summed E-state index contributed by atoms with van der Waals surface area (Å²) >= 11 is 0. The molecular formula is C11H21N3O4. The number of likely N-dealkylation sites (tertiary alicyclic amines) is 1. The van der Waals surface area contributed by atoms with Gasteiger partial charge in [-0.3, -0.25) is 15.0 Å². The van der Waals surface area contributed by atoms with Crippen LogP contribution in [0.1, 0.15) is 12.8 Å². The Morgan fingerprint density at radius 3 is 2.94 bits per heavy atom. The Kier molecular flexibility index (Phi) is 6.63. The predicted molar refractivity (Wildman–Crippen MR) is 65.1 cm³/mol. The maximum absolute atomic E-state index is 11.5. The Balaban J connectivity index is 2.18. The first-order valence-corrected chi connectivity index (χ1v) is 6.09. The fourth-order valence-corrected chi connectivity index (χ4v) is 1.85. The van der Waals surface area contributed by atoms with Crippen molar-refractivity contribution in [2.75, 3.05) is 39.9 Å². The van der Waals surface area contributed by atoms with Crippen LogP contribution in [0.5, 0.6) is 0 Å². The maximum atomic E-state index is 11.5. The van der Waals surface area contributed by atoms with Crippen molar-refractivity contribution in [3.8, 4) is 0 Å². The van der Waals surface area contributed by atoms with E-state index in [4.69, 9.17) is 4.74 Å². The van der Waals surface area contributed by atoms with Crippen LogP contribution in [0.4, 0.5) is 4.79 Å². The van der Waals surface area contributed by atoms with Gasteiger partial charge < -0.3 is 15.2 Å². The average molecular weight is 259 g/mol. The third kappa shape index (κ3) is 5.95. The van der Waals surface area contributed by atoms with Crippen molar-refractivity contribution in [2.24, 2.45) is 0 Å². The molecule has 1 aliphatic rings. The SMILES string of the molecule is COCCNC(=O)NC(=O)CN1CCCC(O)C1. The number of β-amino-alcohol motifs (C(OH)–C–C–N with tert-alkyl or cyclic N) is 1. The van der Waals surface area contributed by atoms with Crippen LogP contribution >= 0.6 is 0 Å².